The summed E-state index contributed by atoms with van der Waals surface area (Å²) in [5.41, 5.74) is 15.3. The molecular weight excluding hydrogens is 741 g/mol. The zero-order valence-corrected chi connectivity index (χ0v) is 33.2. The minimum absolute atomic E-state index is 0.864. The fourth-order valence-electron chi connectivity index (χ4n) is 9.34. The van der Waals surface area contributed by atoms with Gasteiger partial charge in [0.2, 0.25) is 0 Å². The zero-order valence-electron chi connectivity index (χ0n) is 33.2. The van der Waals surface area contributed by atoms with Crippen LogP contribution in [0.25, 0.3) is 93.6 Å². The summed E-state index contributed by atoms with van der Waals surface area (Å²) >= 11 is 0. The Bertz CT molecular complexity index is 3570. The van der Waals surface area contributed by atoms with E-state index in [4.69, 9.17) is 4.42 Å². The molecule has 0 fully saturated rings. The van der Waals surface area contributed by atoms with Gasteiger partial charge >= 0.3 is 0 Å². The normalized spacial score (nSPS) is 11.6. The fourth-order valence-corrected chi connectivity index (χ4v) is 9.34. The average Bonchev–Trinajstić information content (AvgIpc) is 3.90. The summed E-state index contributed by atoms with van der Waals surface area (Å²) in [5.74, 6) is 0. The number of anilines is 3. The lowest BCUT2D eigenvalue weighted by atomic mass is 9.97. The van der Waals surface area contributed by atoms with Crippen molar-refractivity contribution in [2.75, 3.05) is 4.90 Å². The lowest BCUT2D eigenvalue weighted by molar-refractivity contribution is 0.670. The Morgan fingerprint density at radius 1 is 0.361 bits per heavy atom. The molecule has 0 saturated heterocycles. The predicted molar refractivity (Wildman–Crippen MR) is 257 cm³/mol. The number of rotatable bonds is 7. The second-order valence-electron chi connectivity index (χ2n) is 15.7. The van der Waals surface area contributed by atoms with Gasteiger partial charge in [0.05, 0.1) is 27.8 Å². The topological polar surface area (TPSA) is 21.3 Å². The third kappa shape index (κ3) is 5.82. The molecule has 0 unspecified atom stereocenters. The second kappa shape index (κ2) is 14.3. The van der Waals surface area contributed by atoms with Gasteiger partial charge in [-0.25, -0.2) is 0 Å². The molecule has 3 heteroatoms. The molecule has 0 aliphatic heterocycles. The summed E-state index contributed by atoms with van der Waals surface area (Å²) in [6.45, 7) is 0. The van der Waals surface area contributed by atoms with E-state index in [9.17, 15) is 0 Å². The average molecular weight is 779 g/mol. The molecule has 0 radical (unpaired) electrons. The number of benzene rings is 10. The quantitative estimate of drug-likeness (QED) is 0.161. The molecule has 12 rings (SSSR count). The first kappa shape index (κ1) is 34.9. The van der Waals surface area contributed by atoms with Crippen LogP contribution in [0.4, 0.5) is 17.1 Å². The van der Waals surface area contributed by atoms with Crippen molar-refractivity contribution >= 4 is 71.6 Å². The van der Waals surface area contributed by atoms with Crippen LogP contribution in [-0.2, 0) is 0 Å². The number of hydrogen-bond acceptors (Lipinski definition) is 2. The van der Waals surface area contributed by atoms with Crippen LogP contribution in [0.15, 0.2) is 235 Å². The Kier molecular flexibility index (Phi) is 8.17. The molecule has 10 aromatic carbocycles. The molecule has 0 spiro atoms. The third-order valence-corrected chi connectivity index (χ3v) is 12.2. The number of para-hydroxylation sites is 3. The molecule has 286 valence electrons. The van der Waals surface area contributed by atoms with E-state index in [0.29, 0.717) is 0 Å². The molecule has 0 saturated carbocycles. The van der Waals surface area contributed by atoms with Crippen LogP contribution in [0.1, 0.15) is 0 Å². The zero-order chi connectivity index (χ0) is 40.3. The molecule has 3 nitrogen and oxygen atoms in total. The van der Waals surface area contributed by atoms with Crippen molar-refractivity contribution in [3.8, 4) is 39.1 Å². The molecule has 0 N–H and O–H groups in total. The van der Waals surface area contributed by atoms with Crippen molar-refractivity contribution in [3.63, 3.8) is 0 Å². The van der Waals surface area contributed by atoms with E-state index >= 15 is 0 Å². The van der Waals surface area contributed by atoms with Gasteiger partial charge in [-0.1, -0.05) is 158 Å². The Hall–Kier alpha value is -8.14. The van der Waals surface area contributed by atoms with Gasteiger partial charge in [-0.2, -0.15) is 0 Å². The number of aromatic nitrogens is 1. The van der Waals surface area contributed by atoms with Crippen molar-refractivity contribution < 1.29 is 4.42 Å². The standard InChI is InChI=1S/C58H38N2O/c1-3-16-41(17-4-1)48-35-36-54(57-50-24-10-12-28-55(50)61-58(48)57)60(53-27-14-26-52-56(53)49-23-9-11-25-51(49)59(52)46-21-5-2-6-22-46)47-33-31-40(32-34-47)43-19-13-20-44(37-43)45-30-29-39-15-7-8-18-42(39)38-45/h1-38H. The van der Waals surface area contributed by atoms with Crippen molar-refractivity contribution in [3.05, 3.63) is 231 Å². The second-order valence-corrected chi connectivity index (χ2v) is 15.7. The van der Waals surface area contributed by atoms with Gasteiger partial charge in [0.1, 0.15) is 11.2 Å². The summed E-state index contributed by atoms with van der Waals surface area (Å²) in [6.07, 6.45) is 0. The van der Waals surface area contributed by atoms with Gasteiger partial charge in [-0.05, 0) is 111 Å². The molecule has 0 aliphatic rings. The van der Waals surface area contributed by atoms with Gasteiger partial charge in [-0.15, -0.1) is 0 Å². The highest BCUT2D eigenvalue weighted by Crippen LogP contribution is 2.49. The van der Waals surface area contributed by atoms with Crippen LogP contribution in [0.2, 0.25) is 0 Å². The SMILES string of the molecule is c1ccc(-c2ccc(N(c3ccc(-c4cccc(-c5ccc6ccccc6c5)c4)cc3)c3cccc4c3c3ccccc3n4-c3ccccc3)c3c2oc2ccccc23)cc1. The molecule has 2 aromatic heterocycles. The first-order valence-corrected chi connectivity index (χ1v) is 20.8. The van der Waals surface area contributed by atoms with Crippen LogP contribution in [-0.4, -0.2) is 4.57 Å². The maximum absolute atomic E-state index is 6.84. The maximum Gasteiger partial charge on any atom is 0.145 e. The fraction of sp³-hybridized carbons (Fsp3) is 0. The summed E-state index contributed by atoms with van der Waals surface area (Å²) in [4.78, 5) is 2.44. The third-order valence-electron chi connectivity index (χ3n) is 12.2. The Morgan fingerprint density at radius 3 is 1.80 bits per heavy atom. The maximum atomic E-state index is 6.84. The van der Waals surface area contributed by atoms with E-state index in [1.165, 1.54) is 38.2 Å². The lowest BCUT2D eigenvalue weighted by Gasteiger charge is -2.28. The molecule has 0 bridgehead atoms. The number of hydrogen-bond donors (Lipinski definition) is 0. The van der Waals surface area contributed by atoms with E-state index in [1.807, 2.05) is 0 Å². The van der Waals surface area contributed by atoms with Gasteiger partial charge in [0.25, 0.3) is 0 Å². The van der Waals surface area contributed by atoms with Crippen LogP contribution in [0, 0.1) is 0 Å². The minimum Gasteiger partial charge on any atom is -0.455 e. The molecule has 0 atom stereocenters. The van der Waals surface area contributed by atoms with Crippen molar-refractivity contribution in [1.29, 1.82) is 0 Å². The van der Waals surface area contributed by atoms with E-state index in [0.717, 1.165) is 72.4 Å². The van der Waals surface area contributed by atoms with Crippen molar-refractivity contribution in [2.45, 2.75) is 0 Å². The number of furan rings is 1. The summed E-state index contributed by atoms with van der Waals surface area (Å²) in [6, 6.07) is 82.9. The van der Waals surface area contributed by atoms with Crippen LogP contribution < -0.4 is 4.90 Å². The molecule has 12 aromatic rings. The first-order chi connectivity index (χ1) is 30.3. The van der Waals surface area contributed by atoms with Gasteiger partial charge in [-0.3, -0.25) is 0 Å². The van der Waals surface area contributed by atoms with Crippen molar-refractivity contribution in [1.82, 2.24) is 4.57 Å². The lowest BCUT2D eigenvalue weighted by Crippen LogP contribution is -2.11. The van der Waals surface area contributed by atoms with Gasteiger partial charge < -0.3 is 13.9 Å². The molecule has 61 heavy (non-hydrogen) atoms. The van der Waals surface area contributed by atoms with Crippen molar-refractivity contribution in [2.24, 2.45) is 0 Å². The summed E-state index contributed by atoms with van der Waals surface area (Å²) in [7, 11) is 0. The number of fused-ring (bicyclic) bond motifs is 7. The summed E-state index contributed by atoms with van der Waals surface area (Å²) in [5, 5.41) is 7.02. The van der Waals surface area contributed by atoms with E-state index in [2.05, 4.69) is 240 Å². The highest BCUT2D eigenvalue weighted by atomic mass is 16.3. The number of nitrogens with zero attached hydrogens (tertiary/aromatic N) is 2. The monoisotopic (exact) mass is 778 g/mol. The van der Waals surface area contributed by atoms with E-state index in [1.54, 1.807) is 0 Å². The smallest absolute Gasteiger partial charge is 0.145 e. The van der Waals surface area contributed by atoms with Crippen LogP contribution in [0.3, 0.4) is 0 Å². The largest absolute Gasteiger partial charge is 0.455 e. The van der Waals surface area contributed by atoms with Crippen LogP contribution >= 0.6 is 0 Å². The Labute approximate surface area is 353 Å². The predicted octanol–water partition coefficient (Wildman–Crippen LogP) is 16.3. The Balaban J connectivity index is 1.08. The van der Waals surface area contributed by atoms with E-state index in [-0.39, 0.29) is 0 Å². The highest BCUT2D eigenvalue weighted by molar-refractivity contribution is 6.21. The highest BCUT2D eigenvalue weighted by Gasteiger charge is 2.25. The molecule has 2 heterocycles. The molecule has 0 aliphatic carbocycles. The summed E-state index contributed by atoms with van der Waals surface area (Å²) < 4.78 is 9.23. The molecule has 0 amide bonds. The molecular formula is C58H38N2O. The van der Waals surface area contributed by atoms with Gasteiger partial charge in [0.15, 0.2) is 0 Å². The Morgan fingerprint density at radius 2 is 0.967 bits per heavy atom. The first-order valence-electron chi connectivity index (χ1n) is 20.8. The van der Waals surface area contributed by atoms with Gasteiger partial charge in [0, 0.05) is 33.1 Å². The van der Waals surface area contributed by atoms with Crippen LogP contribution in [0.5, 0.6) is 0 Å². The minimum atomic E-state index is 0.864. The van der Waals surface area contributed by atoms with E-state index < -0.39 is 0 Å².